The van der Waals surface area contributed by atoms with E-state index in [4.69, 9.17) is 5.84 Å². The van der Waals surface area contributed by atoms with Crippen LogP contribution in [0, 0.1) is 5.41 Å². The highest BCUT2D eigenvalue weighted by Crippen LogP contribution is 2.41. The van der Waals surface area contributed by atoms with Gasteiger partial charge >= 0.3 is 0 Å². The SMILES string of the molecule is CC1(C)CC(c2ccccc2)N(N)C1=O. The second-order valence-corrected chi connectivity index (χ2v) is 4.73. The molecule has 1 atom stereocenters. The number of rotatable bonds is 1. The number of nitrogens with two attached hydrogens (primary N) is 1. The molecule has 3 nitrogen and oxygen atoms in total. The summed E-state index contributed by atoms with van der Waals surface area (Å²) in [7, 11) is 0. The van der Waals surface area contributed by atoms with Gasteiger partial charge in [-0.2, -0.15) is 0 Å². The Morgan fingerprint density at radius 1 is 1.33 bits per heavy atom. The molecule has 1 aliphatic heterocycles. The first-order chi connectivity index (χ1) is 7.02. The highest BCUT2D eigenvalue weighted by Gasteiger charge is 2.44. The number of carbonyl (C=O) groups excluding carboxylic acids is 1. The van der Waals surface area contributed by atoms with Gasteiger partial charge in [-0.1, -0.05) is 44.2 Å². The third-order valence-corrected chi connectivity index (χ3v) is 3.04. The van der Waals surface area contributed by atoms with Gasteiger partial charge in [-0.05, 0) is 12.0 Å². The monoisotopic (exact) mass is 204 g/mol. The molecule has 2 N–H and O–H groups in total. The molecule has 15 heavy (non-hydrogen) atoms. The maximum Gasteiger partial charge on any atom is 0.242 e. The van der Waals surface area contributed by atoms with Gasteiger partial charge in [0.2, 0.25) is 5.91 Å². The molecule has 1 aromatic rings. The number of hydrogen-bond acceptors (Lipinski definition) is 2. The molecule has 1 unspecified atom stereocenters. The van der Waals surface area contributed by atoms with E-state index < -0.39 is 0 Å². The summed E-state index contributed by atoms with van der Waals surface area (Å²) >= 11 is 0. The first-order valence-corrected chi connectivity index (χ1v) is 5.16. The lowest BCUT2D eigenvalue weighted by Gasteiger charge is -2.19. The van der Waals surface area contributed by atoms with Crippen LogP contribution in [0.2, 0.25) is 0 Å². The molecular formula is C12H16N2O. The molecule has 1 amide bonds. The standard InChI is InChI=1S/C12H16N2O/c1-12(2)8-10(14(13)11(12)15)9-6-4-3-5-7-9/h3-7,10H,8,13H2,1-2H3. The molecule has 1 saturated heterocycles. The lowest BCUT2D eigenvalue weighted by Crippen LogP contribution is -2.37. The number of amides is 1. The third-order valence-electron chi connectivity index (χ3n) is 3.04. The van der Waals surface area contributed by atoms with Crippen LogP contribution in [0.5, 0.6) is 0 Å². The lowest BCUT2D eigenvalue weighted by atomic mass is 9.88. The summed E-state index contributed by atoms with van der Waals surface area (Å²) in [5, 5.41) is 1.37. The van der Waals surface area contributed by atoms with Crippen LogP contribution in [-0.2, 0) is 4.79 Å². The largest absolute Gasteiger partial charge is 0.273 e. The highest BCUT2D eigenvalue weighted by molar-refractivity contribution is 5.84. The molecule has 0 spiro atoms. The summed E-state index contributed by atoms with van der Waals surface area (Å²) in [5.74, 6) is 5.84. The summed E-state index contributed by atoms with van der Waals surface area (Å²) < 4.78 is 0. The van der Waals surface area contributed by atoms with E-state index in [1.165, 1.54) is 5.01 Å². The second-order valence-electron chi connectivity index (χ2n) is 4.73. The van der Waals surface area contributed by atoms with Crippen molar-refractivity contribution in [2.24, 2.45) is 11.3 Å². The molecule has 80 valence electrons. The fourth-order valence-electron chi connectivity index (χ4n) is 2.11. The molecule has 0 aromatic heterocycles. The molecule has 3 heteroatoms. The van der Waals surface area contributed by atoms with Gasteiger partial charge in [0.15, 0.2) is 0 Å². The normalized spacial score (nSPS) is 24.6. The Labute approximate surface area is 89.8 Å². The summed E-state index contributed by atoms with van der Waals surface area (Å²) in [6.07, 6.45) is 0.784. The Hall–Kier alpha value is -1.35. The summed E-state index contributed by atoms with van der Waals surface area (Å²) in [4.78, 5) is 11.8. The summed E-state index contributed by atoms with van der Waals surface area (Å²) in [5.41, 5.74) is 0.772. The minimum absolute atomic E-state index is 0.0219. The molecule has 0 aliphatic carbocycles. The number of carbonyl (C=O) groups is 1. The highest BCUT2D eigenvalue weighted by atomic mass is 16.2. The van der Waals surface area contributed by atoms with Gasteiger partial charge in [-0.15, -0.1) is 0 Å². The molecule has 0 bridgehead atoms. The molecule has 0 radical (unpaired) electrons. The molecule has 1 aliphatic rings. The maximum atomic E-state index is 11.8. The van der Waals surface area contributed by atoms with E-state index in [-0.39, 0.29) is 17.4 Å². The van der Waals surface area contributed by atoms with Crippen LogP contribution in [-0.4, -0.2) is 10.9 Å². The zero-order valence-corrected chi connectivity index (χ0v) is 9.10. The lowest BCUT2D eigenvalue weighted by molar-refractivity contribution is -0.135. The van der Waals surface area contributed by atoms with Crippen molar-refractivity contribution in [2.75, 3.05) is 0 Å². The Morgan fingerprint density at radius 3 is 2.40 bits per heavy atom. The van der Waals surface area contributed by atoms with Gasteiger partial charge < -0.3 is 0 Å². The topological polar surface area (TPSA) is 46.3 Å². The van der Waals surface area contributed by atoms with Crippen LogP contribution >= 0.6 is 0 Å². The molecule has 0 saturated carbocycles. The van der Waals surface area contributed by atoms with Gasteiger partial charge in [0, 0.05) is 5.41 Å². The molecule has 1 heterocycles. The molecule has 1 aromatic carbocycles. The van der Waals surface area contributed by atoms with Gasteiger partial charge in [0.05, 0.1) is 6.04 Å². The maximum absolute atomic E-state index is 11.8. The first-order valence-electron chi connectivity index (χ1n) is 5.16. The van der Waals surface area contributed by atoms with E-state index in [1.807, 2.05) is 44.2 Å². The van der Waals surface area contributed by atoms with Crippen molar-refractivity contribution in [3.05, 3.63) is 35.9 Å². The Balaban J connectivity index is 2.31. The average molecular weight is 204 g/mol. The van der Waals surface area contributed by atoms with Crippen molar-refractivity contribution in [1.82, 2.24) is 5.01 Å². The van der Waals surface area contributed by atoms with Crippen LogP contribution in [0.15, 0.2) is 30.3 Å². The molecule has 1 fully saturated rings. The van der Waals surface area contributed by atoms with Gasteiger partial charge in [-0.3, -0.25) is 9.80 Å². The fraction of sp³-hybridized carbons (Fsp3) is 0.417. The van der Waals surface area contributed by atoms with Crippen molar-refractivity contribution >= 4 is 5.91 Å². The number of benzene rings is 1. The van der Waals surface area contributed by atoms with Crippen molar-refractivity contribution in [2.45, 2.75) is 26.3 Å². The van der Waals surface area contributed by atoms with E-state index in [1.54, 1.807) is 0 Å². The van der Waals surface area contributed by atoms with Crippen LogP contribution in [0.4, 0.5) is 0 Å². The summed E-state index contributed by atoms with van der Waals surface area (Å²) in [6, 6.07) is 9.96. The fourth-order valence-corrected chi connectivity index (χ4v) is 2.11. The Morgan fingerprint density at radius 2 is 1.93 bits per heavy atom. The third kappa shape index (κ3) is 1.63. The number of nitrogens with zero attached hydrogens (tertiary/aromatic N) is 1. The van der Waals surface area contributed by atoms with E-state index in [0.29, 0.717) is 0 Å². The second kappa shape index (κ2) is 3.35. The Bertz CT molecular complexity index is 372. The van der Waals surface area contributed by atoms with Gasteiger partial charge in [-0.25, -0.2) is 5.84 Å². The van der Waals surface area contributed by atoms with E-state index in [0.717, 1.165) is 12.0 Å². The van der Waals surface area contributed by atoms with Crippen LogP contribution < -0.4 is 5.84 Å². The minimum atomic E-state index is -0.338. The van der Waals surface area contributed by atoms with Gasteiger partial charge in [0.1, 0.15) is 0 Å². The van der Waals surface area contributed by atoms with Crippen molar-refractivity contribution in [1.29, 1.82) is 0 Å². The number of hydrogen-bond donors (Lipinski definition) is 1. The van der Waals surface area contributed by atoms with Gasteiger partial charge in [0.25, 0.3) is 0 Å². The molecule has 2 rings (SSSR count). The zero-order valence-electron chi connectivity index (χ0n) is 9.10. The summed E-state index contributed by atoms with van der Waals surface area (Å²) in [6.45, 7) is 3.89. The zero-order chi connectivity index (χ0) is 11.1. The minimum Gasteiger partial charge on any atom is -0.273 e. The van der Waals surface area contributed by atoms with E-state index in [2.05, 4.69) is 0 Å². The predicted octanol–water partition coefficient (Wildman–Crippen LogP) is 1.86. The van der Waals surface area contributed by atoms with Crippen LogP contribution in [0.1, 0.15) is 31.9 Å². The Kier molecular flexibility index (Phi) is 2.27. The van der Waals surface area contributed by atoms with Crippen LogP contribution in [0.25, 0.3) is 0 Å². The van der Waals surface area contributed by atoms with E-state index in [9.17, 15) is 4.79 Å². The number of hydrazine groups is 1. The quantitative estimate of drug-likeness (QED) is 0.560. The first kappa shape index (κ1) is 10.2. The van der Waals surface area contributed by atoms with Crippen molar-refractivity contribution in [3.8, 4) is 0 Å². The van der Waals surface area contributed by atoms with Crippen molar-refractivity contribution < 1.29 is 4.79 Å². The van der Waals surface area contributed by atoms with Crippen LogP contribution in [0.3, 0.4) is 0 Å². The van der Waals surface area contributed by atoms with E-state index >= 15 is 0 Å². The smallest absolute Gasteiger partial charge is 0.242 e. The average Bonchev–Trinajstić information content (AvgIpc) is 2.44. The predicted molar refractivity (Wildman–Crippen MR) is 58.6 cm³/mol. The molecular weight excluding hydrogens is 188 g/mol. The van der Waals surface area contributed by atoms with Crippen molar-refractivity contribution in [3.63, 3.8) is 0 Å².